The van der Waals surface area contributed by atoms with Crippen molar-refractivity contribution in [2.45, 2.75) is 19.9 Å². The quantitative estimate of drug-likeness (QED) is 0.308. The van der Waals surface area contributed by atoms with E-state index in [1.165, 1.54) is 40.2 Å². The highest BCUT2D eigenvalue weighted by Gasteiger charge is 2.33. The SMILES string of the molecule is C=CCOC(=O)C1=C(C)N=c2s/c(=C/c3cccc(OC(C)=O)c3)c(=O)n2C1c1cccs1. The molecule has 1 aliphatic heterocycles. The molecule has 0 amide bonds. The highest BCUT2D eigenvalue weighted by atomic mass is 32.1. The summed E-state index contributed by atoms with van der Waals surface area (Å²) >= 11 is 2.69. The van der Waals surface area contributed by atoms with Gasteiger partial charge in [0.15, 0.2) is 4.80 Å². The summed E-state index contributed by atoms with van der Waals surface area (Å²) < 4.78 is 12.4. The van der Waals surface area contributed by atoms with Gasteiger partial charge in [0, 0.05) is 11.8 Å². The minimum absolute atomic E-state index is 0.0653. The van der Waals surface area contributed by atoms with Gasteiger partial charge in [-0.15, -0.1) is 11.3 Å². The van der Waals surface area contributed by atoms with E-state index in [0.717, 1.165) is 4.88 Å². The van der Waals surface area contributed by atoms with Crippen LogP contribution in [0.15, 0.2) is 75.5 Å². The Kier molecular flexibility index (Phi) is 6.52. The summed E-state index contributed by atoms with van der Waals surface area (Å²) in [6, 6.07) is 10.0. The van der Waals surface area contributed by atoms with E-state index in [2.05, 4.69) is 11.6 Å². The van der Waals surface area contributed by atoms with Gasteiger partial charge in [0.05, 0.1) is 15.8 Å². The van der Waals surface area contributed by atoms with Crippen LogP contribution in [0.5, 0.6) is 5.75 Å². The Morgan fingerprint density at radius 1 is 1.27 bits per heavy atom. The fraction of sp³-hybridized carbons (Fsp3) is 0.167. The third-order valence-electron chi connectivity index (χ3n) is 4.80. The molecular weight excluding hydrogens is 460 g/mol. The van der Waals surface area contributed by atoms with E-state index < -0.39 is 18.0 Å². The van der Waals surface area contributed by atoms with Gasteiger partial charge in [0.25, 0.3) is 5.56 Å². The molecule has 1 atom stereocenters. The fourth-order valence-electron chi connectivity index (χ4n) is 3.50. The maximum atomic E-state index is 13.5. The molecule has 0 saturated heterocycles. The average molecular weight is 481 g/mol. The van der Waals surface area contributed by atoms with Crippen molar-refractivity contribution < 1.29 is 19.1 Å². The predicted molar refractivity (Wildman–Crippen MR) is 127 cm³/mol. The lowest BCUT2D eigenvalue weighted by Gasteiger charge is -2.23. The lowest BCUT2D eigenvalue weighted by molar-refractivity contribution is -0.138. The van der Waals surface area contributed by atoms with E-state index in [1.54, 1.807) is 31.2 Å². The summed E-state index contributed by atoms with van der Waals surface area (Å²) in [6.07, 6.45) is 3.21. The van der Waals surface area contributed by atoms with E-state index in [-0.39, 0.29) is 12.2 Å². The van der Waals surface area contributed by atoms with E-state index >= 15 is 0 Å². The van der Waals surface area contributed by atoms with Gasteiger partial charge < -0.3 is 9.47 Å². The van der Waals surface area contributed by atoms with Gasteiger partial charge in [-0.1, -0.05) is 42.2 Å². The fourth-order valence-corrected chi connectivity index (χ4v) is 5.37. The Morgan fingerprint density at radius 2 is 2.09 bits per heavy atom. The van der Waals surface area contributed by atoms with E-state index in [9.17, 15) is 14.4 Å². The van der Waals surface area contributed by atoms with Crippen LogP contribution in [0.4, 0.5) is 0 Å². The molecule has 7 nitrogen and oxygen atoms in total. The van der Waals surface area contributed by atoms with Crippen molar-refractivity contribution >= 4 is 40.7 Å². The number of hydrogen-bond acceptors (Lipinski definition) is 8. The standard InChI is InChI=1S/C24H20N2O5S2/c1-4-10-30-23(29)20-14(2)25-24-26(21(20)18-9-6-11-32-18)22(28)19(33-24)13-16-7-5-8-17(12-16)31-15(3)27/h4-9,11-13,21H,1,10H2,2-3H3/b19-13+. The van der Waals surface area contributed by atoms with E-state index in [1.807, 2.05) is 23.6 Å². The molecule has 168 valence electrons. The Hall–Kier alpha value is -3.56. The molecule has 1 aromatic carbocycles. The third kappa shape index (κ3) is 4.64. The Balaban J connectivity index is 1.86. The third-order valence-corrected chi connectivity index (χ3v) is 6.71. The molecule has 3 aromatic rings. The molecule has 33 heavy (non-hydrogen) atoms. The summed E-state index contributed by atoms with van der Waals surface area (Å²) in [6.45, 7) is 6.72. The minimum atomic E-state index is -0.631. The predicted octanol–water partition coefficient (Wildman–Crippen LogP) is 2.95. The Morgan fingerprint density at radius 3 is 2.79 bits per heavy atom. The zero-order valence-electron chi connectivity index (χ0n) is 17.9. The molecule has 0 bridgehead atoms. The zero-order valence-corrected chi connectivity index (χ0v) is 19.6. The van der Waals surface area contributed by atoms with Gasteiger partial charge >= 0.3 is 11.9 Å². The molecule has 0 aliphatic carbocycles. The van der Waals surface area contributed by atoms with Crippen LogP contribution in [-0.2, 0) is 14.3 Å². The maximum absolute atomic E-state index is 13.5. The van der Waals surface area contributed by atoms with Crippen LogP contribution in [0.2, 0.25) is 0 Å². The highest BCUT2D eigenvalue weighted by molar-refractivity contribution is 7.10. The van der Waals surface area contributed by atoms with Crippen LogP contribution in [0.3, 0.4) is 0 Å². The van der Waals surface area contributed by atoms with Gasteiger partial charge in [-0.3, -0.25) is 14.2 Å². The molecule has 4 rings (SSSR count). The molecule has 0 N–H and O–H groups in total. The van der Waals surface area contributed by atoms with Gasteiger partial charge in [0.2, 0.25) is 0 Å². The lowest BCUT2D eigenvalue weighted by Crippen LogP contribution is -2.39. The molecule has 0 spiro atoms. The van der Waals surface area contributed by atoms with E-state index in [4.69, 9.17) is 9.47 Å². The number of carbonyl (C=O) groups excluding carboxylic acids is 2. The Labute approximate surface area is 197 Å². The number of nitrogens with zero attached hydrogens (tertiary/aromatic N) is 2. The first-order chi connectivity index (χ1) is 15.9. The van der Waals surface area contributed by atoms with Gasteiger partial charge in [0.1, 0.15) is 18.4 Å². The minimum Gasteiger partial charge on any atom is -0.458 e. The van der Waals surface area contributed by atoms with Crippen LogP contribution in [0, 0.1) is 0 Å². The summed E-state index contributed by atoms with van der Waals surface area (Å²) in [5.41, 5.74) is 1.27. The number of rotatable bonds is 6. The molecule has 3 heterocycles. The van der Waals surface area contributed by atoms with Crippen molar-refractivity contribution in [2.24, 2.45) is 4.99 Å². The average Bonchev–Trinajstić information content (AvgIpc) is 3.40. The topological polar surface area (TPSA) is 87.0 Å². The largest absolute Gasteiger partial charge is 0.458 e. The molecule has 0 fully saturated rings. The number of benzene rings is 1. The normalized spacial score (nSPS) is 15.6. The van der Waals surface area contributed by atoms with Crippen LogP contribution in [-0.4, -0.2) is 23.1 Å². The number of allylic oxidation sites excluding steroid dienone is 1. The van der Waals surface area contributed by atoms with Gasteiger partial charge in [-0.25, -0.2) is 9.79 Å². The lowest BCUT2D eigenvalue weighted by atomic mass is 10.0. The molecule has 1 aliphatic rings. The number of aromatic nitrogens is 1. The first-order valence-corrected chi connectivity index (χ1v) is 11.7. The summed E-state index contributed by atoms with van der Waals surface area (Å²) in [5, 5.41) is 1.90. The summed E-state index contributed by atoms with van der Waals surface area (Å²) in [5.74, 6) is -0.560. The number of esters is 2. The second-order valence-electron chi connectivity index (χ2n) is 7.15. The van der Waals surface area contributed by atoms with Crippen LogP contribution < -0.4 is 19.6 Å². The summed E-state index contributed by atoms with van der Waals surface area (Å²) in [7, 11) is 0. The molecule has 1 unspecified atom stereocenters. The second kappa shape index (κ2) is 9.51. The number of carbonyl (C=O) groups is 2. The molecule has 2 aromatic heterocycles. The first-order valence-electron chi connectivity index (χ1n) is 10.0. The van der Waals surface area contributed by atoms with Crippen molar-refractivity contribution in [1.29, 1.82) is 0 Å². The van der Waals surface area contributed by atoms with Gasteiger partial charge in [-0.2, -0.15) is 0 Å². The second-order valence-corrected chi connectivity index (χ2v) is 9.14. The van der Waals surface area contributed by atoms with Crippen molar-refractivity contribution in [3.8, 4) is 5.75 Å². The number of ether oxygens (including phenoxy) is 2. The zero-order chi connectivity index (χ0) is 23.5. The number of thiophene rings is 1. The van der Waals surface area contributed by atoms with Crippen LogP contribution in [0.1, 0.15) is 30.3 Å². The van der Waals surface area contributed by atoms with Crippen LogP contribution >= 0.6 is 22.7 Å². The van der Waals surface area contributed by atoms with E-state index in [0.29, 0.717) is 31.9 Å². The Bertz CT molecular complexity index is 1440. The van der Waals surface area contributed by atoms with Crippen molar-refractivity contribution in [3.05, 3.63) is 95.8 Å². The number of thiazole rings is 1. The molecule has 9 heteroatoms. The van der Waals surface area contributed by atoms with Gasteiger partial charge in [-0.05, 0) is 42.1 Å². The van der Waals surface area contributed by atoms with Crippen molar-refractivity contribution in [3.63, 3.8) is 0 Å². The number of fused-ring (bicyclic) bond motifs is 1. The highest BCUT2D eigenvalue weighted by Crippen LogP contribution is 2.33. The molecule has 0 saturated carbocycles. The van der Waals surface area contributed by atoms with Crippen molar-refractivity contribution in [2.75, 3.05) is 6.61 Å². The smallest absolute Gasteiger partial charge is 0.338 e. The van der Waals surface area contributed by atoms with Crippen LogP contribution in [0.25, 0.3) is 6.08 Å². The summed E-state index contributed by atoms with van der Waals surface area (Å²) in [4.78, 5) is 43.5. The van der Waals surface area contributed by atoms with Crippen molar-refractivity contribution in [1.82, 2.24) is 4.57 Å². The monoisotopic (exact) mass is 480 g/mol. The maximum Gasteiger partial charge on any atom is 0.338 e. The molecule has 0 radical (unpaired) electrons. The molecular formula is C24H20N2O5S2. The number of hydrogen-bond donors (Lipinski definition) is 0. The first kappa shape index (κ1) is 22.6.